The second-order valence-corrected chi connectivity index (χ2v) is 7.72. The lowest BCUT2D eigenvalue weighted by Gasteiger charge is -2.24. The number of nitrogens with zero attached hydrogens (tertiary/aromatic N) is 3. The zero-order valence-electron chi connectivity index (χ0n) is 14.6. The zero-order chi connectivity index (χ0) is 17.6. The van der Waals surface area contributed by atoms with Gasteiger partial charge in [0.1, 0.15) is 5.69 Å². The molecule has 7 heteroatoms. The number of methoxy groups -OCH3 is 1. The number of hydrogen-bond donors (Lipinski definition) is 0. The Hall–Kier alpha value is -1.76. The van der Waals surface area contributed by atoms with Crippen molar-refractivity contribution in [3.05, 3.63) is 28.3 Å². The van der Waals surface area contributed by atoms with Gasteiger partial charge in [-0.3, -0.25) is 10.1 Å². The normalized spacial score (nSPS) is 20.7. The molecule has 0 N–H and O–H groups in total. The lowest BCUT2D eigenvalue weighted by molar-refractivity contribution is -0.384. The molecule has 0 atom stereocenters. The number of hydrogen-bond acceptors (Lipinski definition) is 5. The molecule has 0 radical (unpaired) electrons. The summed E-state index contributed by atoms with van der Waals surface area (Å²) in [6, 6.07) is 4.60. The van der Waals surface area contributed by atoms with Crippen LogP contribution >= 0.6 is 11.8 Å². The van der Waals surface area contributed by atoms with Crippen molar-refractivity contribution in [1.29, 1.82) is 0 Å². The molecule has 6 nitrogen and oxygen atoms in total. The second-order valence-electron chi connectivity index (χ2n) is 6.66. The number of amidine groups is 1. The fourth-order valence-electron chi connectivity index (χ4n) is 3.54. The summed E-state index contributed by atoms with van der Waals surface area (Å²) in [4.78, 5) is 17.6. The number of nitro groups is 1. The summed E-state index contributed by atoms with van der Waals surface area (Å²) in [6.45, 7) is 2.09. The smallest absolute Gasteiger partial charge is 0.273 e. The molecule has 136 valence electrons. The molecule has 0 spiro atoms. The zero-order valence-corrected chi connectivity index (χ0v) is 15.5. The molecule has 1 aliphatic heterocycles. The Morgan fingerprint density at radius 1 is 1.32 bits per heavy atom. The first-order valence-corrected chi connectivity index (χ1v) is 9.95. The summed E-state index contributed by atoms with van der Waals surface area (Å²) in [6.07, 6.45) is 8.05. The Morgan fingerprint density at radius 2 is 2.08 bits per heavy atom. The summed E-state index contributed by atoms with van der Waals surface area (Å²) in [7, 11) is 1.52. The van der Waals surface area contributed by atoms with E-state index >= 15 is 0 Å². The van der Waals surface area contributed by atoms with Crippen LogP contribution in [0.15, 0.2) is 23.2 Å². The minimum absolute atomic E-state index is 0.0233. The molecule has 1 heterocycles. The molecular weight excluding hydrogens is 338 g/mol. The van der Waals surface area contributed by atoms with Crippen molar-refractivity contribution in [1.82, 2.24) is 4.90 Å². The van der Waals surface area contributed by atoms with Crippen LogP contribution in [-0.4, -0.2) is 40.9 Å². The van der Waals surface area contributed by atoms with Gasteiger partial charge in [0.2, 0.25) is 0 Å². The fourth-order valence-corrected chi connectivity index (χ4v) is 4.55. The van der Waals surface area contributed by atoms with Gasteiger partial charge in [-0.05, 0) is 24.8 Å². The van der Waals surface area contributed by atoms with E-state index in [1.54, 1.807) is 17.8 Å². The Morgan fingerprint density at radius 3 is 2.76 bits per heavy atom. The van der Waals surface area contributed by atoms with E-state index in [1.165, 1.54) is 57.8 Å². The number of rotatable bonds is 5. The van der Waals surface area contributed by atoms with Crippen LogP contribution in [0.5, 0.6) is 5.75 Å². The highest BCUT2D eigenvalue weighted by Crippen LogP contribution is 2.34. The van der Waals surface area contributed by atoms with Crippen LogP contribution < -0.4 is 4.74 Å². The van der Waals surface area contributed by atoms with E-state index in [-0.39, 0.29) is 5.69 Å². The Balaban J connectivity index is 1.76. The SMILES string of the molecule is COc1cc([N+](=O)[O-])ccc1/N=C1\SCCN1CC1CCCCCC1. The number of non-ortho nitro benzene ring substituents is 1. The summed E-state index contributed by atoms with van der Waals surface area (Å²) in [5.41, 5.74) is 0.679. The van der Waals surface area contributed by atoms with Crippen molar-refractivity contribution < 1.29 is 9.66 Å². The van der Waals surface area contributed by atoms with Gasteiger partial charge in [-0.2, -0.15) is 0 Å². The van der Waals surface area contributed by atoms with Crippen molar-refractivity contribution in [2.45, 2.75) is 38.5 Å². The second kappa shape index (κ2) is 8.56. The average Bonchev–Trinajstić information content (AvgIpc) is 2.88. The van der Waals surface area contributed by atoms with Crippen molar-refractivity contribution in [3.63, 3.8) is 0 Å². The quantitative estimate of drug-likeness (QED) is 0.434. The van der Waals surface area contributed by atoms with Gasteiger partial charge in [0.25, 0.3) is 5.69 Å². The molecular formula is C18H25N3O3S. The minimum Gasteiger partial charge on any atom is -0.494 e. The summed E-state index contributed by atoms with van der Waals surface area (Å²) in [5.74, 6) is 2.25. The first-order valence-electron chi connectivity index (χ1n) is 8.96. The van der Waals surface area contributed by atoms with E-state index in [4.69, 9.17) is 9.73 Å². The third-order valence-electron chi connectivity index (χ3n) is 4.91. The standard InChI is InChI=1S/C18H25N3O3S/c1-24-17-12-15(21(22)23)8-9-16(17)19-18-20(10-11-25-18)13-14-6-4-2-3-5-7-14/h8-9,12,14H,2-7,10-11,13H2,1H3/b19-18-. The lowest BCUT2D eigenvalue weighted by atomic mass is 10.00. The van der Waals surface area contributed by atoms with E-state index in [9.17, 15) is 10.1 Å². The summed E-state index contributed by atoms with van der Waals surface area (Å²) >= 11 is 1.76. The topological polar surface area (TPSA) is 68.0 Å². The molecule has 2 aliphatic rings. The molecule has 3 rings (SSSR count). The molecule has 0 bridgehead atoms. The van der Waals surface area contributed by atoms with Crippen LogP contribution in [0.4, 0.5) is 11.4 Å². The van der Waals surface area contributed by atoms with E-state index in [0.717, 1.165) is 29.9 Å². The van der Waals surface area contributed by atoms with E-state index in [1.807, 2.05) is 0 Å². The number of ether oxygens (including phenoxy) is 1. The highest BCUT2D eigenvalue weighted by Gasteiger charge is 2.24. The first kappa shape index (κ1) is 18.0. The van der Waals surface area contributed by atoms with Gasteiger partial charge in [-0.15, -0.1) is 0 Å². The molecule has 0 aromatic heterocycles. The largest absolute Gasteiger partial charge is 0.494 e. The average molecular weight is 363 g/mol. The summed E-state index contributed by atoms with van der Waals surface area (Å²) < 4.78 is 5.31. The molecule has 1 saturated carbocycles. The maximum Gasteiger partial charge on any atom is 0.273 e. The molecule has 25 heavy (non-hydrogen) atoms. The Kier molecular flexibility index (Phi) is 6.18. The van der Waals surface area contributed by atoms with Crippen molar-refractivity contribution in [3.8, 4) is 5.75 Å². The van der Waals surface area contributed by atoms with E-state index < -0.39 is 4.92 Å². The first-order chi connectivity index (χ1) is 12.2. The maximum absolute atomic E-state index is 10.9. The third kappa shape index (κ3) is 4.66. The monoisotopic (exact) mass is 363 g/mol. The number of aliphatic imine (C=N–C) groups is 1. The van der Waals surface area contributed by atoms with Crippen LogP contribution in [-0.2, 0) is 0 Å². The predicted molar refractivity (Wildman–Crippen MR) is 102 cm³/mol. The highest BCUT2D eigenvalue weighted by molar-refractivity contribution is 8.14. The van der Waals surface area contributed by atoms with E-state index in [0.29, 0.717) is 11.4 Å². The number of thioether (sulfide) groups is 1. The van der Waals surface area contributed by atoms with Crippen LogP contribution in [0.1, 0.15) is 38.5 Å². The predicted octanol–water partition coefficient (Wildman–Crippen LogP) is 4.61. The number of nitro benzene ring substituents is 1. The minimum atomic E-state index is -0.415. The van der Waals surface area contributed by atoms with Crippen molar-refractivity contribution in [2.24, 2.45) is 10.9 Å². The molecule has 1 aliphatic carbocycles. The van der Waals surface area contributed by atoms with Gasteiger partial charge in [0.15, 0.2) is 10.9 Å². The Bertz CT molecular complexity index is 642. The van der Waals surface area contributed by atoms with Crippen LogP contribution in [0.25, 0.3) is 0 Å². The summed E-state index contributed by atoms with van der Waals surface area (Å²) in [5, 5.41) is 11.9. The van der Waals surface area contributed by atoms with Gasteiger partial charge < -0.3 is 9.64 Å². The highest BCUT2D eigenvalue weighted by atomic mass is 32.2. The van der Waals surface area contributed by atoms with Gasteiger partial charge in [0.05, 0.1) is 18.1 Å². The van der Waals surface area contributed by atoms with Crippen molar-refractivity contribution >= 4 is 28.3 Å². The fraction of sp³-hybridized carbons (Fsp3) is 0.611. The molecule has 2 fully saturated rings. The van der Waals surface area contributed by atoms with Gasteiger partial charge >= 0.3 is 0 Å². The maximum atomic E-state index is 10.9. The van der Waals surface area contributed by atoms with Crippen LogP contribution in [0.2, 0.25) is 0 Å². The molecule has 0 unspecified atom stereocenters. The lowest BCUT2D eigenvalue weighted by Crippen LogP contribution is -2.30. The van der Waals surface area contributed by atoms with Crippen molar-refractivity contribution in [2.75, 3.05) is 26.0 Å². The van der Waals surface area contributed by atoms with Gasteiger partial charge in [-0.1, -0.05) is 37.4 Å². The van der Waals surface area contributed by atoms with Gasteiger partial charge in [-0.25, -0.2) is 4.99 Å². The van der Waals surface area contributed by atoms with Crippen LogP contribution in [0, 0.1) is 16.0 Å². The molecule has 1 saturated heterocycles. The van der Waals surface area contributed by atoms with Gasteiger partial charge in [0, 0.05) is 24.9 Å². The van der Waals surface area contributed by atoms with Crippen LogP contribution in [0.3, 0.4) is 0 Å². The third-order valence-corrected chi connectivity index (χ3v) is 5.90. The molecule has 0 amide bonds. The molecule has 1 aromatic rings. The Labute approximate surface area is 152 Å². The number of benzene rings is 1. The molecule has 1 aromatic carbocycles. The van der Waals surface area contributed by atoms with E-state index in [2.05, 4.69) is 4.90 Å².